The van der Waals surface area contributed by atoms with Crippen LogP contribution in [-0.2, 0) is 0 Å². The fourth-order valence-corrected chi connectivity index (χ4v) is 5.54. The predicted octanol–water partition coefficient (Wildman–Crippen LogP) is 7.20. The molecule has 0 amide bonds. The molecule has 0 radical (unpaired) electrons. The molecule has 6 heteroatoms. The zero-order chi connectivity index (χ0) is 26.2. The molecule has 6 nitrogen and oxygen atoms in total. The summed E-state index contributed by atoms with van der Waals surface area (Å²) in [4.78, 5) is 24.7. The highest BCUT2D eigenvalue weighted by Crippen LogP contribution is 2.49. The third kappa shape index (κ3) is 9.79. The van der Waals surface area contributed by atoms with Crippen LogP contribution >= 0.6 is 0 Å². The second kappa shape index (κ2) is 12.3. The molecule has 0 saturated heterocycles. The lowest BCUT2D eigenvalue weighted by molar-refractivity contribution is 0.0582. The Bertz CT molecular complexity index is 1010. The van der Waals surface area contributed by atoms with Gasteiger partial charge in [-0.05, 0) is 70.6 Å². The van der Waals surface area contributed by atoms with Gasteiger partial charge in [-0.3, -0.25) is 0 Å². The number of benzene rings is 1. The van der Waals surface area contributed by atoms with Crippen LogP contribution in [0.25, 0.3) is 11.4 Å². The van der Waals surface area contributed by atoms with Crippen LogP contribution < -0.4 is 0 Å². The lowest BCUT2D eigenvalue weighted by atomic mass is 9.60. The van der Waals surface area contributed by atoms with Crippen LogP contribution in [0.15, 0.2) is 30.3 Å². The third-order valence-electron chi connectivity index (χ3n) is 6.36. The molecule has 35 heavy (non-hydrogen) atoms. The molecule has 0 spiro atoms. The minimum absolute atomic E-state index is 0.586. The van der Waals surface area contributed by atoms with Gasteiger partial charge in [-0.1, -0.05) is 71.4 Å². The number of aromatic nitrogens is 6. The fraction of sp³-hybridized carbons (Fsp3) is 0.586. The van der Waals surface area contributed by atoms with Crippen molar-refractivity contribution >= 4 is 0 Å². The van der Waals surface area contributed by atoms with E-state index in [1.54, 1.807) is 0 Å². The Balaban J connectivity index is 0.000000190. The summed E-state index contributed by atoms with van der Waals surface area (Å²) in [6.45, 7) is 21.4. The smallest absolute Gasteiger partial charge is 0.163 e. The van der Waals surface area contributed by atoms with E-state index in [0.717, 1.165) is 46.4 Å². The van der Waals surface area contributed by atoms with Crippen LogP contribution in [0.2, 0.25) is 0 Å². The van der Waals surface area contributed by atoms with Gasteiger partial charge in [0.1, 0.15) is 29.1 Å². The van der Waals surface area contributed by atoms with Crippen molar-refractivity contribution in [3.63, 3.8) is 0 Å². The van der Waals surface area contributed by atoms with E-state index in [0.29, 0.717) is 10.8 Å². The molecular weight excluding hydrogens is 432 g/mol. The maximum Gasteiger partial charge on any atom is 0.163 e. The molecule has 1 fully saturated rings. The standard InChI is InChI=1S/C12H24.C11H11N3.C6H9N3/c1-6-12(5)8-10(2)7-11(3,4)9-12;1-8-12-9(2)14-11(13-8)10-6-4-3-5-7-10;1-4-7-5(2)9-6(3)8-4/h10H,6-9H2,1-5H3;3-7H,1-2H3;1-3H3. The maximum atomic E-state index is 4.28. The minimum atomic E-state index is 0.586. The summed E-state index contributed by atoms with van der Waals surface area (Å²) < 4.78 is 0. The van der Waals surface area contributed by atoms with Crippen molar-refractivity contribution in [3.8, 4) is 11.4 Å². The van der Waals surface area contributed by atoms with Crippen molar-refractivity contribution in [2.24, 2.45) is 16.7 Å². The van der Waals surface area contributed by atoms with Gasteiger partial charge in [0.15, 0.2) is 5.82 Å². The first-order valence-electron chi connectivity index (χ1n) is 12.7. The SMILES string of the molecule is CCC1(C)CC(C)CC(C)(C)C1.Cc1nc(C)nc(-c2ccccc2)n1.Cc1nc(C)nc(C)n1. The maximum absolute atomic E-state index is 4.28. The first-order valence-corrected chi connectivity index (χ1v) is 12.7. The van der Waals surface area contributed by atoms with E-state index in [9.17, 15) is 0 Å². The molecule has 2 heterocycles. The molecule has 1 saturated carbocycles. The van der Waals surface area contributed by atoms with Gasteiger partial charge in [-0.15, -0.1) is 0 Å². The normalized spacial score (nSPS) is 20.7. The van der Waals surface area contributed by atoms with Crippen LogP contribution in [0.3, 0.4) is 0 Å². The number of hydrogen-bond donors (Lipinski definition) is 0. The summed E-state index contributed by atoms with van der Waals surface area (Å²) in [5.41, 5.74) is 2.24. The number of rotatable bonds is 2. The quantitative estimate of drug-likeness (QED) is 0.389. The molecule has 2 aromatic heterocycles. The van der Waals surface area contributed by atoms with Gasteiger partial charge >= 0.3 is 0 Å². The Kier molecular flexibility index (Phi) is 9.99. The Hall–Kier alpha value is -2.76. The predicted molar refractivity (Wildman–Crippen MR) is 144 cm³/mol. The molecular formula is C29H44N6. The van der Waals surface area contributed by atoms with Crippen molar-refractivity contribution in [3.05, 3.63) is 59.5 Å². The molecule has 190 valence electrons. The summed E-state index contributed by atoms with van der Waals surface area (Å²) in [5, 5.41) is 0. The molecule has 3 aromatic rings. The second-order valence-corrected chi connectivity index (χ2v) is 11.1. The topological polar surface area (TPSA) is 77.3 Å². The Morgan fingerprint density at radius 3 is 1.51 bits per heavy atom. The Labute approximate surface area is 212 Å². The lowest BCUT2D eigenvalue weighted by Gasteiger charge is -2.45. The van der Waals surface area contributed by atoms with Crippen molar-refractivity contribution < 1.29 is 0 Å². The van der Waals surface area contributed by atoms with Crippen LogP contribution in [0.5, 0.6) is 0 Å². The number of nitrogens with zero attached hydrogens (tertiary/aromatic N) is 6. The van der Waals surface area contributed by atoms with E-state index in [2.05, 4.69) is 64.5 Å². The molecule has 2 unspecified atom stereocenters. The second-order valence-electron chi connectivity index (χ2n) is 11.1. The highest BCUT2D eigenvalue weighted by molar-refractivity contribution is 5.54. The summed E-state index contributed by atoms with van der Waals surface area (Å²) in [6, 6.07) is 9.92. The lowest BCUT2D eigenvalue weighted by Crippen LogP contribution is -2.34. The number of aryl methyl sites for hydroxylation is 5. The Morgan fingerprint density at radius 1 is 0.686 bits per heavy atom. The van der Waals surface area contributed by atoms with Gasteiger partial charge in [-0.25, -0.2) is 29.9 Å². The van der Waals surface area contributed by atoms with Gasteiger partial charge in [0, 0.05) is 5.56 Å². The van der Waals surface area contributed by atoms with Gasteiger partial charge < -0.3 is 0 Å². The molecule has 1 aliphatic rings. The third-order valence-corrected chi connectivity index (χ3v) is 6.36. The molecule has 0 N–H and O–H groups in total. The van der Waals surface area contributed by atoms with Crippen LogP contribution in [0.4, 0.5) is 0 Å². The van der Waals surface area contributed by atoms with Crippen molar-refractivity contribution in [2.75, 3.05) is 0 Å². The molecule has 1 aromatic carbocycles. The van der Waals surface area contributed by atoms with E-state index < -0.39 is 0 Å². The van der Waals surface area contributed by atoms with Gasteiger partial charge in [0.05, 0.1) is 0 Å². The average Bonchev–Trinajstić information content (AvgIpc) is 2.72. The van der Waals surface area contributed by atoms with Gasteiger partial charge in [0.25, 0.3) is 0 Å². The van der Waals surface area contributed by atoms with Crippen molar-refractivity contribution in [1.29, 1.82) is 0 Å². The summed E-state index contributed by atoms with van der Waals surface area (Å²) in [5.74, 6) is 5.57. The van der Waals surface area contributed by atoms with Crippen LogP contribution in [0, 0.1) is 51.4 Å². The van der Waals surface area contributed by atoms with Crippen molar-refractivity contribution in [2.45, 2.75) is 94.9 Å². The molecule has 0 aliphatic heterocycles. The van der Waals surface area contributed by atoms with Crippen LogP contribution in [-0.4, -0.2) is 29.9 Å². The van der Waals surface area contributed by atoms with Gasteiger partial charge in [-0.2, -0.15) is 0 Å². The first kappa shape index (κ1) is 28.5. The first-order chi connectivity index (χ1) is 16.3. The van der Waals surface area contributed by atoms with Crippen molar-refractivity contribution in [1.82, 2.24) is 29.9 Å². The molecule has 2 atom stereocenters. The summed E-state index contributed by atoms with van der Waals surface area (Å²) >= 11 is 0. The summed E-state index contributed by atoms with van der Waals surface area (Å²) in [7, 11) is 0. The highest BCUT2D eigenvalue weighted by Gasteiger charge is 2.38. The molecule has 0 bridgehead atoms. The largest absolute Gasteiger partial charge is 0.219 e. The van der Waals surface area contributed by atoms with Crippen LogP contribution in [0.1, 0.15) is 89.4 Å². The van der Waals surface area contributed by atoms with E-state index in [1.165, 1.54) is 25.7 Å². The monoisotopic (exact) mass is 476 g/mol. The van der Waals surface area contributed by atoms with E-state index in [4.69, 9.17) is 0 Å². The zero-order valence-corrected chi connectivity index (χ0v) is 23.5. The fourth-order valence-electron chi connectivity index (χ4n) is 5.54. The zero-order valence-electron chi connectivity index (χ0n) is 23.5. The van der Waals surface area contributed by atoms with E-state index >= 15 is 0 Å². The minimum Gasteiger partial charge on any atom is -0.219 e. The summed E-state index contributed by atoms with van der Waals surface area (Å²) in [6.07, 6.45) is 5.62. The number of hydrogen-bond acceptors (Lipinski definition) is 6. The van der Waals surface area contributed by atoms with Gasteiger partial charge in [0.2, 0.25) is 0 Å². The molecule has 4 rings (SSSR count). The average molecular weight is 477 g/mol. The molecule has 1 aliphatic carbocycles. The van der Waals surface area contributed by atoms with E-state index in [-0.39, 0.29) is 0 Å². The highest BCUT2D eigenvalue weighted by atomic mass is 15.0. The Morgan fingerprint density at radius 2 is 1.11 bits per heavy atom. The van der Waals surface area contributed by atoms with E-state index in [1.807, 2.05) is 65.0 Å².